The molecule has 0 amide bonds. The molecule has 0 bridgehead atoms. The van der Waals surface area contributed by atoms with Crippen LogP contribution in [0.5, 0.6) is 0 Å². The Bertz CT molecular complexity index is 3370. The van der Waals surface area contributed by atoms with Crippen LogP contribution in [0.4, 0.5) is 17.1 Å². The highest BCUT2D eigenvalue weighted by atomic mass is 15.2. The molecule has 0 spiro atoms. The van der Waals surface area contributed by atoms with Gasteiger partial charge in [0.25, 0.3) is 0 Å². The van der Waals surface area contributed by atoms with Gasteiger partial charge in [-0.25, -0.2) is 0 Å². The van der Waals surface area contributed by atoms with Gasteiger partial charge in [-0.1, -0.05) is 150 Å². The first kappa shape index (κ1) is 39.1. The average Bonchev–Trinajstić information content (AvgIpc) is 3.54. The molecule has 2 nitrogen and oxygen atoms in total. The van der Waals surface area contributed by atoms with Crippen molar-refractivity contribution in [2.45, 2.75) is 112 Å². The van der Waals surface area contributed by atoms with Crippen LogP contribution >= 0.6 is 0 Å². The minimum Gasteiger partial charge on any atom is -0.375 e. The highest BCUT2D eigenvalue weighted by Gasteiger charge is 2.45. The van der Waals surface area contributed by atoms with Crippen molar-refractivity contribution in [3.8, 4) is 11.1 Å². The highest BCUT2D eigenvalue weighted by molar-refractivity contribution is 6.90. The SMILES string of the molecule is Cc1c2c(cc3cc4ccccc4cc13)B1c3c(cc4ccccc4c3-c3cc(C(C)(C)C)cc4c5cc(C(C)(C)C)ccc5n1c34)N2c1cc(C(C)(C)C)cc(C(C)(C)C)c1. The molecule has 0 radical (unpaired) electrons. The van der Waals surface area contributed by atoms with Crippen LogP contribution in [-0.4, -0.2) is 11.3 Å². The predicted molar refractivity (Wildman–Crippen MR) is 272 cm³/mol. The Kier molecular flexibility index (Phi) is 7.98. The summed E-state index contributed by atoms with van der Waals surface area (Å²) < 4.78 is 2.76. The maximum Gasteiger partial charge on any atom is 0.333 e. The summed E-state index contributed by atoms with van der Waals surface area (Å²) >= 11 is 0. The number of benzene rings is 8. The standard InChI is InChI=1S/C59H59BN2/c1-34-45-25-36-19-15-14-18-35(36)24-38(45)26-49-54(34)61(43-29-40(57(5,6)7)28-41(30-43)58(8,9)10)51-27-37-20-16-17-21-44(37)52-48-33-42(59(11,12)13)32-47-46-31-39(56(2,3)4)22-23-50(46)62(55(47)48)60(49)53(51)52/h14-33H,1-13H3. The van der Waals surface area contributed by atoms with Crippen LogP contribution in [-0.2, 0) is 21.7 Å². The summed E-state index contributed by atoms with van der Waals surface area (Å²) in [5.41, 5.74) is 18.6. The third kappa shape index (κ3) is 5.62. The molecule has 0 atom stereocenters. The normalized spacial score (nSPS) is 14.1. The third-order valence-electron chi connectivity index (χ3n) is 14.4. The molecule has 0 fully saturated rings. The van der Waals surface area contributed by atoms with Crippen LogP contribution < -0.4 is 15.8 Å². The zero-order valence-corrected chi connectivity index (χ0v) is 39.0. The van der Waals surface area contributed by atoms with Crippen molar-refractivity contribution in [1.82, 2.24) is 4.48 Å². The number of fused-ring (bicyclic) bond motifs is 11. The first-order chi connectivity index (χ1) is 29.2. The maximum atomic E-state index is 2.76. The van der Waals surface area contributed by atoms with Crippen LogP contribution in [0.15, 0.2) is 121 Å². The molecule has 0 saturated carbocycles. The third-order valence-corrected chi connectivity index (χ3v) is 14.4. The van der Waals surface area contributed by atoms with E-state index in [1.165, 1.54) is 121 Å². The van der Waals surface area contributed by atoms with Gasteiger partial charge in [0, 0.05) is 44.4 Å². The lowest BCUT2D eigenvalue weighted by atomic mass is 9.44. The smallest absolute Gasteiger partial charge is 0.333 e. The number of aryl methyl sites for hydroxylation is 1. The Morgan fingerprint density at radius 2 is 1.03 bits per heavy atom. The highest BCUT2D eigenvalue weighted by Crippen LogP contribution is 2.51. The predicted octanol–water partition coefficient (Wildman–Crippen LogP) is 15.2. The minimum atomic E-state index is -0.0493. The van der Waals surface area contributed by atoms with Crippen molar-refractivity contribution in [3.05, 3.63) is 149 Å². The van der Waals surface area contributed by atoms with Gasteiger partial charge >= 0.3 is 6.85 Å². The van der Waals surface area contributed by atoms with E-state index in [0.717, 1.165) is 0 Å². The van der Waals surface area contributed by atoms with Gasteiger partial charge in [-0.15, -0.1) is 0 Å². The Morgan fingerprint density at radius 1 is 0.452 bits per heavy atom. The molecule has 11 rings (SSSR count). The van der Waals surface area contributed by atoms with Gasteiger partial charge < -0.3 is 9.38 Å². The molecule has 8 aromatic carbocycles. The molecule has 0 unspecified atom stereocenters. The van der Waals surface area contributed by atoms with E-state index in [1.807, 2.05) is 0 Å². The number of aromatic nitrogens is 1. The Morgan fingerprint density at radius 3 is 1.68 bits per heavy atom. The number of hydrogen-bond donors (Lipinski definition) is 0. The number of anilines is 3. The molecular weight excluding hydrogens is 747 g/mol. The zero-order chi connectivity index (χ0) is 43.6. The van der Waals surface area contributed by atoms with Gasteiger partial charge in [0.1, 0.15) is 0 Å². The van der Waals surface area contributed by atoms with E-state index in [9.17, 15) is 0 Å². The summed E-state index contributed by atoms with van der Waals surface area (Å²) in [5, 5.41) is 10.4. The van der Waals surface area contributed by atoms with Gasteiger partial charge in [-0.05, 0) is 160 Å². The summed E-state index contributed by atoms with van der Waals surface area (Å²) in [6.45, 7) is 30.6. The second kappa shape index (κ2) is 12.7. The van der Waals surface area contributed by atoms with Crippen molar-refractivity contribution in [3.63, 3.8) is 0 Å². The fourth-order valence-electron chi connectivity index (χ4n) is 10.8. The van der Waals surface area contributed by atoms with Crippen molar-refractivity contribution >= 4 is 89.0 Å². The monoisotopic (exact) mass is 806 g/mol. The Balaban J connectivity index is 1.38. The molecule has 0 saturated heterocycles. The fraction of sp³-hybridized carbons (Fsp3) is 0.288. The van der Waals surface area contributed by atoms with Gasteiger partial charge in [0.05, 0.1) is 0 Å². The van der Waals surface area contributed by atoms with Crippen molar-refractivity contribution in [2.75, 3.05) is 4.90 Å². The molecule has 0 aliphatic carbocycles. The lowest BCUT2D eigenvalue weighted by molar-refractivity contribution is 0.569. The van der Waals surface area contributed by atoms with Gasteiger partial charge in [-0.2, -0.15) is 0 Å². The van der Waals surface area contributed by atoms with Crippen LogP contribution in [0.1, 0.15) is 111 Å². The Labute approximate surface area is 368 Å². The van der Waals surface area contributed by atoms with E-state index < -0.39 is 0 Å². The molecule has 308 valence electrons. The van der Waals surface area contributed by atoms with Crippen molar-refractivity contribution in [1.29, 1.82) is 0 Å². The second-order valence-electron chi connectivity index (χ2n) is 22.8. The van der Waals surface area contributed by atoms with Crippen molar-refractivity contribution in [2.24, 2.45) is 0 Å². The molecule has 0 N–H and O–H groups in total. The van der Waals surface area contributed by atoms with E-state index in [2.05, 4.69) is 221 Å². The summed E-state index contributed by atoms with van der Waals surface area (Å²) in [5.74, 6) is 0. The van der Waals surface area contributed by atoms with Gasteiger partial charge in [0.2, 0.25) is 0 Å². The molecule has 1 aromatic heterocycles. The van der Waals surface area contributed by atoms with E-state index in [1.54, 1.807) is 0 Å². The molecule has 3 heteroatoms. The number of rotatable bonds is 1. The number of nitrogens with zero attached hydrogens (tertiary/aromatic N) is 2. The van der Waals surface area contributed by atoms with Crippen LogP contribution in [0.25, 0.3) is 65.3 Å². The lowest BCUT2D eigenvalue weighted by Gasteiger charge is -2.43. The van der Waals surface area contributed by atoms with Gasteiger partial charge in [-0.3, -0.25) is 0 Å². The summed E-state index contributed by atoms with van der Waals surface area (Å²) in [6, 6.07) is 47.9. The summed E-state index contributed by atoms with van der Waals surface area (Å²) in [7, 11) is 0. The Hall–Kier alpha value is -5.80. The zero-order valence-electron chi connectivity index (χ0n) is 39.0. The summed E-state index contributed by atoms with van der Waals surface area (Å²) in [6.07, 6.45) is 0. The molecular formula is C59H59BN2. The average molecular weight is 807 g/mol. The lowest BCUT2D eigenvalue weighted by Crippen LogP contribution is -2.57. The first-order valence-electron chi connectivity index (χ1n) is 22.8. The number of hydrogen-bond acceptors (Lipinski definition) is 1. The molecule has 2 aliphatic rings. The van der Waals surface area contributed by atoms with E-state index in [4.69, 9.17) is 0 Å². The van der Waals surface area contributed by atoms with E-state index in [0.29, 0.717) is 0 Å². The topological polar surface area (TPSA) is 8.17 Å². The second-order valence-corrected chi connectivity index (χ2v) is 22.8. The molecule has 62 heavy (non-hydrogen) atoms. The molecule has 2 aliphatic heterocycles. The molecule has 3 heterocycles. The summed E-state index contributed by atoms with van der Waals surface area (Å²) in [4.78, 5) is 2.69. The minimum absolute atomic E-state index is 0.0177. The van der Waals surface area contributed by atoms with E-state index in [-0.39, 0.29) is 28.5 Å². The van der Waals surface area contributed by atoms with E-state index >= 15 is 0 Å². The van der Waals surface area contributed by atoms with Crippen LogP contribution in [0, 0.1) is 6.92 Å². The quantitative estimate of drug-likeness (QED) is 0.118. The van der Waals surface area contributed by atoms with Gasteiger partial charge in [0.15, 0.2) is 0 Å². The van der Waals surface area contributed by atoms with Crippen LogP contribution in [0.2, 0.25) is 0 Å². The first-order valence-corrected chi connectivity index (χ1v) is 22.8. The fourth-order valence-corrected chi connectivity index (χ4v) is 10.8. The van der Waals surface area contributed by atoms with Crippen LogP contribution in [0.3, 0.4) is 0 Å². The largest absolute Gasteiger partial charge is 0.375 e. The van der Waals surface area contributed by atoms with Crippen molar-refractivity contribution < 1.29 is 0 Å². The molecule has 9 aromatic rings. The maximum absolute atomic E-state index is 2.76.